The number of hydrogen-bond acceptors (Lipinski definition) is 4. The number of aliphatic carboxylic acids is 1. The molecule has 5 nitrogen and oxygen atoms in total. The van der Waals surface area contributed by atoms with Crippen LogP contribution in [0.2, 0.25) is 0 Å². The van der Waals surface area contributed by atoms with Crippen LogP contribution in [0.15, 0.2) is 5.16 Å². The fraction of sp³-hybridized carbons (Fsp3) is 0.786. The minimum atomic E-state index is -0.812. The van der Waals surface area contributed by atoms with Crippen LogP contribution in [0.3, 0.4) is 0 Å². The average Bonchev–Trinajstić information content (AvgIpc) is 2.77. The summed E-state index contributed by atoms with van der Waals surface area (Å²) in [6.07, 6.45) is 4.38. The summed E-state index contributed by atoms with van der Waals surface area (Å²) in [4.78, 5) is 10.8. The van der Waals surface area contributed by atoms with Gasteiger partial charge in [0.2, 0.25) is 0 Å². The van der Waals surface area contributed by atoms with Crippen LogP contribution in [-0.4, -0.2) is 31.6 Å². The van der Waals surface area contributed by atoms with E-state index in [2.05, 4.69) is 35.5 Å². The average molecular weight is 297 g/mol. The number of aromatic nitrogens is 3. The molecule has 112 valence electrons. The highest BCUT2D eigenvalue weighted by Crippen LogP contribution is 2.38. The second-order valence-electron chi connectivity index (χ2n) is 5.88. The molecule has 1 heterocycles. The first-order chi connectivity index (χ1) is 9.51. The number of carboxylic acids is 1. The van der Waals surface area contributed by atoms with Crippen LogP contribution >= 0.6 is 11.8 Å². The summed E-state index contributed by atoms with van der Waals surface area (Å²) >= 11 is 1.28. The highest BCUT2D eigenvalue weighted by Gasteiger charge is 2.28. The third-order valence-corrected chi connectivity index (χ3v) is 4.82. The van der Waals surface area contributed by atoms with E-state index >= 15 is 0 Å². The maximum atomic E-state index is 10.8. The fourth-order valence-corrected chi connectivity index (χ4v) is 4.00. The Labute approximate surface area is 124 Å². The van der Waals surface area contributed by atoms with Crippen molar-refractivity contribution in [1.29, 1.82) is 0 Å². The SMILES string of the molecule is CCc1nnc(SCC(=O)O)n1C1CC(C)CC(C)C1. The molecule has 0 spiro atoms. The lowest BCUT2D eigenvalue weighted by Gasteiger charge is -2.33. The largest absolute Gasteiger partial charge is 0.481 e. The molecule has 0 bridgehead atoms. The zero-order valence-electron chi connectivity index (χ0n) is 12.4. The van der Waals surface area contributed by atoms with E-state index in [0.717, 1.165) is 30.2 Å². The van der Waals surface area contributed by atoms with Gasteiger partial charge in [-0.15, -0.1) is 10.2 Å². The van der Waals surface area contributed by atoms with Crippen molar-refractivity contribution in [3.05, 3.63) is 5.82 Å². The van der Waals surface area contributed by atoms with Crippen LogP contribution in [-0.2, 0) is 11.2 Å². The van der Waals surface area contributed by atoms with Gasteiger partial charge in [0.05, 0.1) is 5.75 Å². The highest BCUT2D eigenvalue weighted by molar-refractivity contribution is 7.99. The van der Waals surface area contributed by atoms with Crippen molar-refractivity contribution in [3.8, 4) is 0 Å². The standard InChI is InChI=1S/C14H23N3O2S/c1-4-12-15-16-14(20-8-13(18)19)17(12)11-6-9(2)5-10(3)7-11/h9-11H,4-8H2,1-3H3,(H,18,19). The molecule has 0 aromatic carbocycles. The van der Waals surface area contributed by atoms with E-state index < -0.39 is 5.97 Å². The molecule has 1 aromatic heterocycles. The van der Waals surface area contributed by atoms with Crippen LogP contribution in [0.25, 0.3) is 0 Å². The lowest BCUT2D eigenvalue weighted by Crippen LogP contribution is -2.24. The molecule has 2 unspecified atom stereocenters. The molecule has 6 heteroatoms. The van der Waals surface area contributed by atoms with E-state index in [1.54, 1.807) is 0 Å². The quantitative estimate of drug-likeness (QED) is 0.846. The Morgan fingerprint density at radius 2 is 1.95 bits per heavy atom. The van der Waals surface area contributed by atoms with Crippen LogP contribution < -0.4 is 0 Å². The van der Waals surface area contributed by atoms with E-state index in [4.69, 9.17) is 5.11 Å². The van der Waals surface area contributed by atoms with Gasteiger partial charge in [0.15, 0.2) is 5.16 Å². The third-order valence-electron chi connectivity index (χ3n) is 3.89. The molecule has 1 aromatic rings. The first-order valence-electron chi connectivity index (χ1n) is 7.29. The lowest BCUT2D eigenvalue weighted by atomic mass is 9.80. The smallest absolute Gasteiger partial charge is 0.313 e. The summed E-state index contributed by atoms with van der Waals surface area (Å²) in [5, 5.41) is 18.0. The van der Waals surface area contributed by atoms with E-state index in [-0.39, 0.29) is 5.75 Å². The van der Waals surface area contributed by atoms with Gasteiger partial charge in [-0.25, -0.2) is 0 Å². The summed E-state index contributed by atoms with van der Waals surface area (Å²) in [7, 11) is 0. The lowest BCUT2D eigenvalue weighted by molar-refractivity contribution is -0.133. The first-order valence-corrected chi connectivity index (χ1v) is 8.28. The predicted molar refractivity (Wildman–Crippen MR) is 79.0 cm³/mol. The van der Waals surface area contributed by atoms with Gasteiger partial charge in [-0.05, 0) is 31.1 Å². The number of thioether (sulfide) groups is 1. The van der Waals surface area contributed by atoms with Crippen LogP contribution in [0.4, 0.5) is 0 Å². The number of hydrogen-bond donors (Lipinski definition) is 1. The molecular weight excluding hydrogens is 274 g/mol. The Morgan fingerprint density at radius 1 is 1.30 bits per heavy atom. The minimum Gasteiger partial charge on any atom is -0.481 e. The molecule has 1 saturated carbocycles. The monoisotopic (exact) mass is 297 g/mol. The molecule has 0 saturated heterocycles. The molecule has 20 heavy (non-hydrogen) atoms. The summed E-state index contributed by atoms with van der Waals surface area (Å²) in [6, 6.07) is 0.412. The van der Waals surface area contributed by atoms with Gasteiger partial charge in [-0.1, -0.05) is 32.5 Å². The molecule has 2 atom stereocenters. The Morgan fingerprint density at radius 3 is 2.50 bits per heavy atom. The van der Waals surface area contributed by atoms with E-state index in [1.807, 2.05) is 0 Å². The van der Waals surface area contributed by atoms with Crippen LogP contribution in [0.1, 0.15) is 51.9 Å². The molecule has 1 fully saturated rings. The zero-order valence-corrected chi connectivity index (χ0v) is 13.2. The Balaban J connectivity index is 2.23. The van der Waals surface area contributed by atoms with Crippen molar-refractivity contribution in [2.45, 2.75) is 57.7 Å². The fourth-order valence-electron chi connectivity index (χ4n) is 3.26. The van der Waals surface area contributed by atoms with Crippen molar-refractivity contribution in [3.63, 3.8) is 0 Å². The molecular formula is C14H23N3O2S. The first kappa shape index (κ1) is 15.4. The van der Waals surface area contributed by atoms with Crippen LogP contribution in [0, 0.1) is 11.8 Å². The van der Waals surface area contributed by atoms with Crippen molar-refractivity contribution in [1.82, 2.24) is 14.8 Å². The molecule has 1 aliphatic rings. The second kappa shape index (κ2) is 6.61. The van der Waals surface area contributed by atoms with Gasteiger partial charge in [-0.2, -0.15) is 0 Å². The van der Waals surface area contributed by atoms with Crippen molar-refractivity contribution in [2.75, 3.05) is 5.75 Å². The van der Waals surface area contributed by atoms with Gasteiger partial charge >= 0.3 is 5.97 Å². The molecule has 1 N–H and O–H groups in total. The number of rotatable bonds is 5. The Kier molecular flexibility index (Phi) is 5.07. The van der Waals surface area contributed by atoms with E-state index in [1.165, 1.54) is 18.2 Å². The van der Waals surface area contributed by atoms with Gasteiger partial charge in [-0.3, -0.25) is 4.79 Å². The summed E-state index contributed by atoms with van der Waals surface area (Å²) in [5.41, 5.74) is 0. The second-order valence-corrected chi connectivity index (χ2v) is 6.82. The maximum Gasteiger partial charge on any atom is 0.313 e. The van der Waals surface area contributed by atoms with Gasteiger partial charge in [0.25, 0.3) is 0 Å². The summed E-state index contributed by atoms with van der Waals surface area (Å²) in [6.45, 7) is 6.66. The topological polar surface area (TPSA) is 68.0 Å². The van der Waals surface area contributed by atoms with Crippen molar-refractivity contribution < 1.29 is 9.90 Å². The Hall–Kier alpha value is -1.04. The predicted octanol–water partition coefficient (Wildman–Crippen LogP) is 3.01. The minimum absolute atomic E-state index is 0.0413. The summed E-state index contributed by atoms with van der Waals surface area (Å²) in [5.74, 6) is 1.61. The third kappa shape index (κ3) is 3.53. The Bertz CT molecular complexity index is 465. The van der Waals surface area contributed by atoms with Gasteiger partial charge in [0, 0.05) is 12.5 Å². The number of nitrogens with zero attached hydrogens (tertiary/aromatic N) is 3. The maximum absolute atomic E-state index is 10.8. The molecule has 0 aliphatic heterocycles. The normalized spacial score (nSPS) is 26.6. The zero-order chi connectivity index (χ0) is 14.7. The van der Waals surface area contributed by atoms with Crippen molar-refractivity contribution >= 4 is 17.7 Å². The molecule has 0 radical (unpaired) electrons. The molecule has 2 rings (SSSR count). The molecule has 1 aliphatic carbocycles. The van der Waals surface area contributed by atoms with Crippen molar-refractivity contribution in [2.24, 2.45) is 11.8 Å². The molecule has 0 amide bonds. The van der Waals surface area contributed by atoms with Gasteiger partial charge < -0.3 is 9.67 Å². The van der Waals surface area contributed by atoms with Crippen LogP contribution in [0.5, 0.6) is 0 Å². The number of aryl methyl sites for hydroxylation is 1. The summed E-state index contributed by atoms with van der Waals surface area (Å²) < 4.78 is 2.19. The van der Waals surface area contributed by atoms with E-state index in [0.29, 0.717) is 17.9 Å². The van der Waals surface area contributed by atoms with E-state index in [9.17, 15) is 4.79 Å². The number of carboxylic acid groups (broad SMARTS) is 1. The highest BCUT2D eigenvalue weighted by atomic mass is 32.2. The number of carbonyl (C=O) groups is 1. The van der Waals surface area contributed by atoms with Gasteiger partial charge in [0.1, 0.15) is 5.82 Å².